The van der Waals surface area contributed by atoms with E-state index in [-0.39, 0.29) is 0 Å². The minimum Gasteiger partial charge on any atom is -0.133 e. The van der Waals surface area contributed by atoms with Crippen LogP contribution in [0.4, 0.5) is 0 Å². The third-order valence-electron chi connectivity index (χ3n) is 3.13. The van der Waals surface area contributed by atoms with Crippen LogP contribution in [0.15, 0.2) is 18.4 Å². The van der Waals surface area contributed by atoms with Gasteiger partial charge >= 0.3 is 0 Å². The summed E-state index contributed by atoms with van der Waals surface area (Å²) in [6, 6.07) is 0. The first kappa shape index (κ1) is 16.8. The van der Waals surface area contributed by atoms with Crippen molar-refractivity contribution in [2.24, 2.45) is 0 Å². The van der Waals surface area contributed by atoms with Crippen LogP contribution in [0, 0.1) is 0 Å². The van der Waals surface area contributed by atoms with Crippen molar-refractivity contribution in [2.75, 3.05) is 5.88 Å². The van der Waals surface area contributed by atoms with E-state index in [1.54, 1.807) is 0 Å². The summed E-state index contributed by atoms with van der Waals surface area (Å²) < 4.78 is 0. The summed E-state index contributed by atoms with van der Waals surface area (Å²) in [6.07, 6.45) is 18.3. The summed E-state index contributed by atoms with van der Waals surface area (Å²) in [5, 5.41) is 0. The summed E-state index contributed by atoms with van der Waals surface area (Å²) >= 11 is 5.63. The molecule has 0 aliphatic heterocycles. The predicted molar refractivity (Wildman–Crippen MR) is 79.8 cm³/mol. The second kappa shape index (κ2) is 15.8. The highest BCUT2D eigenvalue weighted by molar-refractivity contribution is 6.17. The van der Waals surface area contributed by atoms with Gasteiger partial charge in [0.25, 0.3) is 0 Å². The number of unbranched alkanes of at least 4 members (excludes halogenated alkanes) is 11. The number of rotatable bonds is 13. The van der Waals surface area contributed by atoms with Crippen LogP contribution in [0.25, 0.3) is 0 Å². The van der Waals surface area contributed by atoms with Crippen LogP contribution in [0.2, 0.25) is 0 Å². The van der Waals surface area contributed by atoms with Gasteiger partial charge in [-0.1, -0.05) is 64.4 Å². The molecule has 100 valence electrons. The van der Waals surface area contributed by atoms with Crippen LogP contribution in [0.3, 0.4) is 0 Å². The highest BCUT2D eigenvalue weighted by Gasteiger charge is 1.92. The first-order valence-corrected chi connectivity index (χ1v) is 7.85. The van der Waals surface area contributed by atoms with Gasteiger partial charge in [0.2, 0.25) is 0 Å². The molecule has 1 heteroatoms. The fourth-order valence-corrected chi connectivity index (χ4v) is 2.22. The molecule has 0 fully saturated rings. The predicted octanol–water partition coefficient (Wildman–Crippen LogP) is 6.25. The summed E-state index contributed by atoms with van der Waals surface area (Å²) in [7, 11) is 0. The van der Waals surface area contributed by atoms with Gasteiger partial charge in [0.15, 0.2) is 0 Å². The Kier molecular flexibility index (Phi) is 15.6. The van der Waals surface area contributed by atoms with E-state index in [0.29, 0.717) is 0 Å². The Morgan fingerprint density at radius 1 is 0.706 bits per heavy atom. The summed E-state index contributed by atoms with van der Waals surface area (Å²) in [5.74, 6) is 0.834. The summed E-state index contributed by atoms with van der Waals surface area (Å²) in [4.78, 5) is 0. The molecule has 0 rings (SSSR count). The molecule has 0 nitrogen and oxygen atoms in total. The maximum absolute atomic E-state index is 5.63. The van der Waals surface area contributed by atoms with Crippen molar-refractivity contribution in [3.63, 3.8) is 0 Å². The average Bonchev–Trinajstić information content (AvgIpc) is 2.35. The van der Waals surface area contributed by atoms with E-state index in [2.05, 4.69) is 12.3 Å². The van der Waals surface area contributed by atoms with E-state index >= 15 is 0 Å². The van der Waals surface area contributed by atoms with Crippen LogP contribution in [-0.4, -0.2) is 5.88 Å². The molecule has 0 unspecified atom stereocenters. The van der Waals surface area contributed by atoms with E-state index in [4.69, 9.17) is 11.6 Å². The maximum atomic E-state index is 5.63. The molecule has 0 radical (unpaired) electrons. The molecule has 0 aliphatic carbocycles. The minimum atomic E-state index is 0.834. The molecule has 0 N–H and O–H groups in total. The molecular formula is C16H29Cl. The van der Waals surface area contributed by atoms with E-state index in [1.165, 1.54) is 70.6 Å². The lowest BCUT2D eigenvalue weighted by atomic mass is 10.1. The third-order valence-corrected chi connectivity index (χ3v) is 3.39. The molecule has 0 heterocycles. The van der Waals surface area contributed by atoms with Gasteiger partial charge in [-0.05, 0) is 25.3 Å². The van der Waals surface area contributed by atoms with Crippen molar-refractivity contribution in [1.29, 1.82) is 0 Å². The Bertz CT molecular complexity index is 180. The zero-order valence-corrected chi connectivity index (χ0v) is 12.1. The molecule has 0 saturated carbocycles. The van der Waals surface area contributed by atoms with Gasteiger partial charge in [0, 0.05) is 5.88 Å². The SMILES string of the molecule is C=C=CCCCCCCCCCCCCCCl. The van der Waals surface area contributed by atoms with Gasteiger partial charge in [-0.15, -0.1) is 17.3 Å². The highest BCUT2D eigenvalue weighted by Crippen LogP contribution is 2.12. The minimum absolute atomic E-state index is 0.834. The van der Waals surface area contributed by atoms with E-state index in [0.717, 1.165) is 12.3 Å². The molecule has 0 saturated heterocycles. The van der Waals surface area contributed by atoms with Crippen LogP contribution >= 0.6 is 11.6 Å². The number of halogens is 1. The van der Waals surface area contributed by atoms with E-state index in [1.807, 2.05) is 6.08 Å². The second-order valence-electron chi connectivity index (χ2n) is 4.77. The molecule has 0 spiro atoms. The van der Waals surface area contributed by atoms with Crippen LogP contribution in [0.1, 0.15) is 77.0 Å². The lowest BCUT2D eigenvalue weighted by Crippen LogP contribution is -1.82. The van der Waals surface area contributed by atoms with Crippen molar-refractivity contribution in [3.05, 3.63) is 18.4 Å². The first-order chi connectivity index (χ1) is 8.41. The van der Waals surface area contributed by atoms with Crippen molar-refractivity contribution in [1.82, 2.24) is 0 Å². The van der Waals surface area contributed by atoms with Gasteiger partial charge in [0.05, 0.1) is 0 Å². The molecule has 17 heavy (non-hydrogen) atoms. The summed E-state index contributed by atoms with van der Waals surface area (Å²) in [6.45, 7) is 3.57. The second-order valence-corrected chi connectivity index (χ2v) is 5.15. The van der Waals surface area contributed by atoms with Crippen molar-refractivity contribution in [2.45, 2.75) is 77.0 Å². The molecule has 0 aromatic carbocycles. The van der Waals surface area contributed by atoms with Gasteiger partial charge in [-0.25, -0.2) is 0 Å². The smallest absolute Gasteiger partial charge is 0.0223 e. The van der Waals surface area contributed by atoms with E-state index in [9.17, 15) is 0 Å². The van der Waals surface area contributed by atoms with Crippen LogP contribution < -0.4 is 0 Å². The van der Waals surface area contributed by atoms with Crippen molar-refractivity contribution >= 4 is 11.6 Å². The molecule has 0 aliphatic rings. The maximum Gasteiger partial charge on any atom is 0.0223 e. The molecule has 0 aromatic rings. The Balaban J connectivity index is 2.91. The Hall–Kier alpha value is -0.190. The number of hydrogen-bond donors (Lipinski definition) is 0. The first-order valence-electron chi connectivity index (χ1n) is 7.32. The topological polar surface area (TPSA) is 0 Å². The van der Waals surface area contributed by atoms with Gasteiger partial charge < -0.3 is 0 Å². The number of alkyl halides is 1. The van der Waals surface area contributed by atoms with Gasteiger partial charge in [-0.3, -0.25) is 0 Å². The highest BCUT2D eigenvalue weighted by atomic mass is 35.5. The standard InChI is InChI=1S/C16H29Cl/c1-2-3-4-5-6-7-8-9-10-11-12-13-14-15-16-17/h3H,1,4-16H2. The van der Waals surface area contributed by atoms with Crippen molar-refractivity contribution < 1.29 is 0 Å². The Morgan fingerprint density at radius 2 is 1.12 bits per heavy atom. The fraction of sp³-hybridized carbons (Fsp3) is 0.812. The average molecular weight is 257 g/mol. The quantitative estimate of drug-likeness (QED) is 0.208. The normalized spacial score (nSPS) is 10.2. The van der Waals surface area contributed by atoms with Crippen LogP contribution in [0.5, 0.6) is 0 Å². The number of allylic oxidation sites excluding steroid dienone is 1. The van der Waals surface area contributed by atoms with Crippen LogP contribution in [-0.2, 0) is 0 Å². The molecule has 0 atom stereocenters. The van der Waals surface area contributed by atoms with Gasteiger partial charge in [0.1, 0.15) is 0 Å². The zero-order valence-electron chi connectivity index (χ0n) is 11.4. The molecule has 0 bridgehead atoms. The lowest BCUT2D eigenvalue weighted by molar-refractivity contribution is 0.551. The monoisotopic (exact) mass is 256 g/mol. The van der Waals surface area contributed by atoms with Gasteiger partial charge in [-0.2, -0.15) is 0 Å². The summed E-state index contributed by atoms with van der Waals surface area (Å²) in [5.41, 5.74) is 2.82. The van der Waals surface area contributed by atoms with Crippen molar-refractivity contribution in [3.8, 4) is 0 Å². The molecule has 0 amide bonds. The third kappa shape index (κ3) is 15.8. The zero-order chi connectivity index (χ0) is 12.6. The molecular weight excluding hydrogens is 228 g/mol. The van der Waals surface area contributed by atoms with E-state index < -0.39 is 0 Å². The largest absolute Gasteiger partial charge is 0.133 e. The number of hydrogen-bond acceptors (Lipinski definition) is 0. The Labute approximate surface area is 113 Å². The lowest BCUT2D eigenvalue weighted by Gasteiger charge is -2.01. The fourth-order valence-electron chi connectivity index (χ4n) is 2.03. The molecule has 0 aromatic heterocycles. The Morgan fingerprint density at radius 3 is 1.53 bits per heavy atom.